The van der Waals surface area contributed by atoms with Crippen molar-refractivity contribution in [2.75, 3.05) is 24.7 Å². The van der Waals surface area contributed by atoms with Gasteiger partial charge in [0, 0.05) is 36.8 Å². The first-order valence-corrected chi connectivity index (χ1v) is 10.8. The molecule has 4 aliphatic rings. The third-order valence-electron chi connectivity index (χ3n) is 7.02. The number of hydrogen-bond donors (Lipinski definition) is 2. The molecule has 2 saturated carbocycles. The number of nitrogens with zero attached hydrogens (tertiary/aromatic N) is 1. The molecule has 5 rings (SSSR count). The van der Waals surface area contributed by atoms with Crippen LogP contribution in [0, 0.1) is 17.8 Å². The maximum atomic E-state index is 13.0. The Kier molecular flexibility index (Phi) is 4.86. The number of anilines is 1. The predicted molar refractivity (Wildman–Crippen MR) is 108 cm³/mol. The average molecular weight is 399 g/mol. The highest BCUT2D eigenvalue weighted by molar-refractivity contribution is 6.00. The molecule has 3 atom stereocenters. The van der Waals surface area contributed by atoms with Crippen molar-refractivity contribution >= 4 is 17.5 Å². The van der Waals surface area contributed by atoms with Gasteiger partial charge in [-0.05, 0) is 49.7 Å². The number of nitrogens with one attached hydrogen (secondary N) is 1. The van der Waals surface area contributed by atoms with Crippen LogP contribution in [0.4, 0.5) is 5.69 Å². The fraction of sp³-hybridized carbons (Fsp3) is 0.636. The van der Waals surface area contributed by atoms with Gasteiger partial charge in [-0.2, -0.15) is 0 Å². The molecule has 7 nitrogen and oxygen atoms in total. The quantitative estimate of drug-likeness (QED) is 0.809. The molecule has 2 aliphatic heterocycles. The number of rotatable bonds is 3. The Morgan fingerprint density at radius 1 is 1.10 bits per heavy atom. The van der Waals surface area contributed by atoms with Crippen LogP contribution in [0.5, 0.6) is 11.5 Å². The molecular formula is C22H29N3O4. The summed E-state index contributed by atoms with van der Waals surface area (Å²) in [6.45, 7) is 1.44. The third-order valence-corrected chi connectivity index (χ3v) is 7.02. The molecule has 1 aromatic rings. The van der Waals surface area contributed by atoms with Crippen molar-refractivity contribution in [2.45, 2.75) is 50.6 Å². The molecule has 3 unspecified atom stereocenters. The predicted octanol–water partition coefficient (Wildman–Crippen LogP) is 1.83. The maximum absolute atomic E-state index is 13.0. The summed E-state index contributed by atoms with van der Waals surface area (Å²) in [5.41, 5.74) is 6.97. The molecule has 3 N–H and O–H groups in total. The highest BCUT2D eigenvalue weighted by atomic mass is 16.6. The van der Waals surface area contributed by atoms with E-state index in [9.17, 15) is 9.59 Å². The molecule has 0 aromatic heterocycles. The molecule has 2 amide bonds. The summed E-state index contributed by atoms with van der Waals surface area (Å²) < 4.78 is 11.2. The summed E-state index contributed by atoms with van der Waals surface area (Å²) >= 11 is 0. The number of nitrogens with two attached hydrogens (primary N) is 1. The minimum Gasteiger partial charge on any atom is -0.486 e. The van der Waals surface area contributed by atoms with Crippen LogP contribution in [0.2, 0.25) is 0 Å². The first-order valence-electron chi connectivity index (χ1n) is 10.8. The van der Waals surface area contributed by atoms with Crippen LogP contribution in [0.15, 0.2) is 18.2 Å². The Hall–Kier alpha value is -2.28. The van der Waals surface area contributed by atoms with E-state index in [0.717, 1.165) is 31.4 Å². The van der Waals surface area contributed by atoms with Crippen LogP contribution in [0.3, 0.4) is 0 Å². The smallest absolute Gasteiger partial charge is 0.227 e. The molecule has 3 fully saturated rings. The number of carbonyl (C=O) groups excluding carboxylic acids is 2. The Morgan fingerprint density at radius 2 is 1.83 bits per heavy atom. The summed E-state index contributed by atoms with van der Waals surface area (Å²) in [5, 5.41) is 3.31. The maximum Gasteiger partial charge on any atom is 0.227 e. The van der Waals surface area contributed by atoms with Gasteiger partial charge in [-0.25, -0.2) is 0 Å². The van der Waals surface area contributed by atoms with E-state index in [0.29, 0.717) is 43.1 Å². The number of hydrogen-bond acceptors (Lipinski definition) is 5. The second-order valence-corrected chi connectivity index (χ2v) is 8.95. The first kappa shape index (κ1) is 18.7. The van der Waals surface area contributed by atoms with Gasteiger partial charge in [-0.1, -0.05) is 6.42 Å². The zero-order valence-corrected chi connectivity index (χ0v) is 16.6. The average Bonchev–Trinajstić information content (AvgIpc) is 3.10. The zero-order chi connectivity index (χ0) is 20.0. The monoisotopic (exact) mass is 399 g/mol. The summed E-state index contributed by atoms with van der Waals surface area (Å²) in [6, 6.07) is 6.00. The van der Waals surface area contributed by atoms with Gasteiger partial charge >= 0.3 is 0 Å². The summed E-state index contributed by atoms with van der Waals surface area (Å²) in [7, 11) is 0. The highest BCUT2D eigenvalue weighted by Crippen LogP contribution is 2.40. The number of ether oxygens (including phenoxy) is 2. The molecule has 29 heavy (non-hydrogen) atoms. The lowest BCUT2D eigenvalue weighted by Crippen LogP contribution is -2.54. The summed E-state index contributed by atoms with van der Waals surface area (Å²) in [6.07, 6.45) is 5.75. The van der Waals surface area contributed by atoms with Gasteiger partial charge in [-0.15, -0.1) is 0 Å². The first-order chi connectivity index (χ1) is 14.1. The second kappa shape index (κ2) is 7.52. The van der Waals surface area contributed by atoms with E-state index in [1.807, 2.05) is 18.2 Å². The van der Waals surface area contributed by atoms with Crippen LogP contribution in [-0.4, -0.2) is 43.7 Å². The molecule has 156 valence electrons. The van der Waals surface area contributed by atoms with E-state index in [-0.39, 0.29) is 36.2 Å². The molecular weight excluding hydrogens is 370 g/mol. The fourth-order valence-electron chi connectivity index (χ4n) is 5.64. The van der Waals surface area contributed by atoms with E-state index >= 15 is 0 Å². The Labute approximate surface area is 170 Å². The standard InChI is InChI=1S/C22H29N3O4/c23-16-8-13-2-1-3-14(9-16)21(13)24-22(27)15-10-20(26)25(12-15)17-4-5-18-19(11-17)29-7-6-28-18/h4-5,11,13-16,21H,1-3,6-10,12,23H2,(H,24,27). The number of fused-ring (bicyclic) bond motifs is 3. The lowest BCUT2D eigenvalue weighted by molar-refractivity contribution is -0.128. The summed E-state index contributed by atoms with van der Waals surface area (Å²) in [5.74, 6) is 1.99. The molecule has 2 aliphatic carbocycles. The van der Waals surface area contributed by atoms with Gasteiger partial charge in [0.25, 0.3) is 0 Å². The Bertz CT molecular complexity index is 799. The van der Waals surface area contributed by atoms with Gasteiger partial charge in [0.2, 0.25) is 11.8 Å². The minimum atomic E-state index is -0.313. The normalized spacial score (nSPS) is 33.5. The van der Waals surface area contributed by atoms with Crippen molar-refractivity contribution < 1.29 is 19.1 Å². The number of benzene rings is 1. The second-order valence-electron chi connectivity index (χ2n) is 8.95. The molecule has 1 aromatic carbocycles. The van der Waals surface area contributed by atoms with Gasteiger partial charge in [0.15, 0.2) is 11.5 Å². The zero-order valence-electron chi connectivity index (χ0n) is 16.6. The lowest BCUT2D eigenvalue weighted by Gasteiger charge is -2.45. The van der Waals surface area contributed by atoms with Crippen molar-refractivity contribution in [3.05, 3.63) is 18.2 Å². The molecule has 1 saturated heterocycles. The highest BCUT2D eigenvalue weighted by Gasteiger charge is 2.42. The van der Waals surface area contributed by atoms with Crippen LogP contribution < -0.4 is 25.4 Å². The molecule has 2 heterocycles. The van der Waals surface area contributed by atoms with E-state index in [2.05, 4.69) is 5.32 Å². The van der Waals surface area contributed by atoms with Crippen molar-refractivity contribution in [1.29, 1.82) is 0 Å². The van der Waals surface area contributed by atoms with Gasteiger partial charge in [0.1, 0.15) is 13.2 Å². The molecule has 7 heteroatoms. The van der Waals surface area contributed by atoms with Crippen LogP contribution in [-0.2, 0) is 9.59 Å². The largest absolute Gasteiger partial charge is 0.486 e. The van der Waals surface area contributed by atoms with Crippen molar-refractivity contribution in [3.63, 3.8) is 0 Å². The third kappa shape index (κ3) is 3.56. The van der Waals surface area contributed by atoms with Gasteiger partial charge in [-0.3, -0.25) is 9.59 Å². The lowest BCUT2D eigenvalue weighted by atomic mass is 9.67. The Balaban J connectivity index is 1.26. The van der Waals surface area contributed by atoms with E-state index < -0.39 is 0 Å². The molecule has 2 bridgehead atoms. The summed E-state index contributed by atoms with van der Waals surface area (Å²) in [4.78, 5) is 27.4. The SMILES string of the molecule is NC1CC2CCCC(C1)C2NC(=O)C1CC(=O)N(c2ccc3c(c2)OCCO3)C1. The van der Waals surface area contributed by atoms with Crippen LogP contribution in [0.25, 0.3) is 0 Å². The van der Waals surface area contributed by atoms with Gasteiger partial charge in [0.05, 0.1) is 5.92 Å². The molecule has 0 spiro atoms. The van der Waals surface area contributed by atoms with Crippen molar-refractivity contribution in [2.24, 2.45) is 23.5 Å². The topological polar surface area (TPSA) is 93.9 Å². The van der Waals surface area contributed by atoms with E-state index in [4.69, 9.17) is 15.2 Å². The van der Waals surface area contributed by atoms with Gasteiger partial charge < -0.3 is 25.4 Å². The van der Waals surface area contributed by atoms with E-state index in [1.165, 1.54) is 6.42 Å². The minimum absolute atomic E-state index is 0.00997. The van der Waals surface area contributed by atoms with Crippen molar-refractivity contribution in [1.82, 2.24) is 5.32 Å². The van der Waals surface area contributed by atoms with Crippen LogP contribution in [0.1, 0.15) is 38.5 Å². The van der Waals surface area contributed by atoms with Crippen molar-refractivity contribution in [3.8, 4) is 11.5 Å². The van der Waals surface area contributed by atoms with Crippen LogP contribution >= 0.6 is 0 Å². The number of carbonyl (C=O) groups is 2. The Morgan fingerprint density at radius 3 is 2.59 bits per heavy atom. The fourth-order valence-corrected chi connectivity index (χ4v) is 5.64. The molecule has 0 radical (unpaired) electrons. The van der Waals surface area contributed by atoms with E-state index in [1.54, 1.807) is 4.90 Å². The number of amides is 2.